The number of aliphatic imine (C=N–C) groups is 1. The van der Waals surface area contributed by atoms with Crippen LogP contribution in [0.5, 0.6) is 0 Å². The summed E-state index contributed by atoms with van der Waals surface area (Å²) < 4.78 is 0. The average Bonchev–Trinajstić information content (AvgIpc) is 2.95. The van der Waals surface area contributed by atoms with Crippen LogP contribution in [0.15, 0.2) is 29.3 Å². The molecule has 3 N–H and O–H groups in total. The van der Waals surface area contributed by atoms with Crippen molar-refractivity contribution in [3.8, 4) is 0 Å². The Morgan fingerprint density at radius 1 is 1.17 bits per heavy atom. The van der Waals surface area contributed by atoms with Crippen molar-refractivity contribution in [3.05, 3.63) is 30.1 Å². The van der Waals surface area contributed by atoms with Gasteiger partial charge < -0.3 is 15.6 Å². The van der Waals surface area contributed by atoms with Gasteiger partial charge in [0, 0.05) is 26.6 Å². The number of hydrogen-bond acceptors (Lipinski definition) is 2. The molecule has 1 aromatic carbocycles. The zero-order valence-electron chi connectivity index (χ0n) is 14.5. The van der Waals surface area contributed by atoms with Crippen molar-refractivity contribution >= 4 is 17.0 Å². The Bertz CT molecular complexity index is 582. The van der Waals surface area contributed by atoms with Crippen LogP contribution in [0.4, 0.5) is 0 Å². The first-order chi connectivity index (χ1) is 11.2. The second-order valence-corrected chi connectivity index (χ2v) is 6.27. The molecule has 0 fully saturated rings. The highest BCUT2D eigenvalue weighted by molar-refractivity contribution is 5.79. The van der Waals surface area contributed by atoms with E-state index in [-0.39, 0.29) is 0 Å². The van der Waals surface area contributed by atoms with Gasteiger partial charge in [0.25, 0.3) is 0 Å². The standard InChI is InChI=1S/C18H29N5/c1-14(2)8-6-12-20-18(19-3)21-13-7-11-17-22-15-9-4-5-10-16(15)23-17/h4-5,9-10,14H,6-8,11-13H2,1-3H3,(H,22,23)(H2,19,20,21). The maximum Gasteiger partial charge on any atom is 0.190 e. The molecule has 2 aromatic rings. The molecule has 2 rings (SSSR count). The molecule has 0 atom stereocenters. The second-order valence-electron chi connectivity index (χ2n) is 6.27. The van der Waals surface area contributed by atoms with Gasteiger partial charge in [-0.2, -0.15) is 0 Å². The fourth-order valence-corrected chi connectivity index (χ4v) is 2.52. The number of guanidine groups is 1. The number of rotatable bonds is 8. The van der Waals surface area contributed by atoms with E-state index in [1.165, 1.54) is 12.8 Å². The van der Waals surface area contributed by atoms with E-state index in [2.05, 4.69) is 45.5 Å². The third kappa shape index (κ3) is 5.93. The highest BCUT2D eigenvalue weighted by Crippen LogP contribution is 2.11. The lowest BCUT2D eigenvalue weighted by molar-refractivity contribution is 0.549. The van der Waals surface area contributed by atoms with Gasteiger partial charge in [0.2, 0.25) is 0 Å². The van der Waals surface area contributed by atoms with Crippen molar-refractivity contribution in [1.29, 1.82) is 0 Å². The fraction of sp³-hybridized carbons (Fsp3) is 0.556. The van der Waals surface area contributed by atoms with E-state index >= 15 is 0 Å². The van der Waals surface area contributed by atoms with Gasteiger partial charge in [0.1, 0.15) is 5.82 Å². The molecule has 0 aliphatic heterocycles. The Hall–Kier alpha value is -2.04. The van der Waals surface area contributed by atoms with Gasteiger partial charge in [0.05, 0.1) is 11.0 Å². The monoisotopic (exact) mass is 315 g/mol. The van der Waals surface area contributed by atoms with Crippen LogP contribution in [0.3, 0.4) is 0 Å². The van der Waals surface area contributed by atoms with Crippen LogP contribution in [0.1, 0.15) is 38.9 Å². The first-order valence-electron chi connectivity index (χ1n) is 8.57. The van der Waals surface area contributed by atoms with E-state index in [0.717, 1.165) is 54.7 Å². The quantitative estimate of drug-likeness (QED) is 0.398. The Morgan fingerprint density at radius 2 is 1.91 bits per heavy atom. The third-order valence-corrected chi connectivity index (χ3v) is 3.80. The third-order valence-electron chi connectivity index (χ3n) is 3.80. The van der Waals surface area contributed by atoms with Crippen molar-refractivity contribution in [2.75, 3.05) is 20.1 Å². The van der Waals surface area contributed by atoms with E-state index in [9.17, 15) is 0 Å². The first kappa shape index (κ1) is 17.3. The van der Waals surface area contributed by atoms with E-state index in [1.807, 2.05) is 25.2 Å². The SMILES string of the molecule is CN=C(NCCCc1nc2ccccc2[nH]1)NCCCC(C)C. The maximum absolute atomic E-state index is 4.60. The summed E-state index contributed by atoms with van der Waals surface area (Å²) in [5, 5.41) is 6.72. The fourth-order valence-electron chi connectivity index (χ4n) is 2.52. The first-order valence-corrected chi connectivity index (χ1v) is 8.57. The number of aromatic amines is 1. The maximum atomic E-state index is 4.60. The number of hydrogen-bond donors (Lipinski definition) is 3. The molecule has 0 unspecified atom stereocenters. The summed E-state index contributed by atoms with van der Waals surface area (Å²) in [4.78, 5) is 12.2. The van der Waals surface area contributed by atoms with Crippen molar-refractivity contribution in [2.24, 2.45) is 10.9 Å². The summed E-state index contributed by atoms with van der Waals surface area (Å²) in [6.45, 7) is 6.37. The molecule has 0 aliphatic rings. The molecule has 0 radical (unpaired) electrons. The molecule has 0 saturated heterocycles. The number of benzene rings is 1. The Balaban J connectivity index is 1.65. The van der Waals surface area contributed by atoms with E-state index in [4.69, 9.17) is 0 Å². The molecule has 5 heteroatoms. The summed E-state index contributed by atoms with van der Waals surface area (Å²) >= 11 is 0. The molecule has 23 heavy (non-hydrogen) atoms. The van der Waals surface area contributed by atoms with E-state index in [0.29, 0.717) is 0 Å². The minimum Gasteiger partial charge on any atom is -0.356 e. The normalized spacial score (nSPS) is 12.1. The molecule has 0 bridgehead atoms. The van der Waals surface area contributed by atoms with Crippen LogP contribution in [0.25, 0.3) is 11.0 Å². The lowest BCUT2D eigenvalue weighted by atomic mass is 10.1. The van der Waals surface area contributed by atoms with Crippen molar-refractivity contribution in [2.45, 2.75) is 39.5 Å². The van der Waals surface area contributed by atoms with Crippen LogP contribution in [-0.2, 0) is 6.42 Å². The summed E-state index contributed by atoms with van der Waals surface area (Å²) in [6.07, 6.45) is 4.38. The number of nitrogens with one attached hydrogen (secondary N) is 3. The largest absolute Gasteiger partial charge is 0.356 e. The summed E-state index contributed by atoms with van der Waals surface area (Å²) in [5.41, 5.74) is 2.15. The number of aryl methyl sites for hydroxylation is 1. The van der Waals surface area contributed by atoms with E-state index in [1.54, 1.807) is 0 Å². The highest BCUT2D eigenvalue weighted by Gasteiger charge is 2.02. The number of H-pyrrole nitrogens is 1. The van der Waals surface area contributed by atoms with Crippen molar-refractivity contribution in [1.82, 2.24) is 20.6 Å². The Kier molecular flexibility index (Phi) is 6.91. The number of nitrogens with zero attached hydrogens (tertiary/aromatic N) is 2. The molecular weight excluding hydrogens is 286 g/mol. The van der Waals surface area contributed by atoms with Gasteiger partial charge in [0.15, 0.2) is 5.96 Å². The number of imidazole rings is 1. The Morgan fingerprint density at radius 3 is 2.61 bits per heavy atom. The van der Waals surface area contributed by atoms with Crippen LogP contribution in [0.2, 0.25) is 0 Å². The molecule has 0 aliphatic carbocycles. The summed E-state index contributed by atoms with van der Waals surface area (Å²) in [6, 6.07) is 8.15. The molecule has 126 valence electrons. The lowest BCUT2D eigenvalue weighted by Gasteiger charge is -2.12. The molecule has 5 nitrogen and oxygen atoms in total. The molecular formula is C18H29N5. The van der Waals surface area contributed by atoms with E-state index < -0.39 is 0 Å². The lowest BCUT2D eigenvalue weighted by Crippen LogP contribution is -2.38. The van der Waals surface area contributed by atoms with Crippen molar-refractivity contribution < 1.29 is 0 Å². The topological polar surface area (TPSA) is 65.1 Å². The Labute approximate surface area is 139 Å². The predicted octanol–water partition coefficient (Wildman–Crippen LogP) is 3.10. The van der Waals surface area contributed by atoms with Gasteiger partial charge in [-0.1, -0.05) is 26.0 Å². The highest BCUT2D eigenvalue weighted by atomic mass is 15.2. The predicted molar refractivity (Wildman–Crippen MR) is 97.9 cm³/mol. The molecule has 1 heterocycles. The van der Waals surface area contributed by atoms with Gasteiger partial charge in [-0.15, -0.1) is 0 Å². The van der Waals surface area contributed by atoms with Crippen LogP contribution in [0, 0.1) is 5.92 Å². The van der Waals surface area contributed by atoms with Gasteiger partial charge in [-0.25, -0.2) is 4.98 Å². The van der Waals surface area contributed by atoms with Crippen LogP contribution < -0.4 is 10.6 Å². The van der Waals surface area contributed by atoms with Gasteiger partial charge >= 0.3 is 0 Å². The smallest absolute Gasteiger partial charge is 0.190 e. The molecule has 1 aromatic heterocycles. The zero-order chi connectivity index (χ0) is 16.5. The minimum absolute atomic E-state index is 0.760. The number of aromatic nitrogens is 2. The minimum atomic E-state index is 0.760. The summed E-state index contributed by atoms with van der Waals surface area (Å²) in [7, 11) is 1.82. The zero-order valence-corrected chi connectivity index (χ0v) is 14.5. The summed E-state index contributed by atoms with van der Waals surface area (Å²) in [5.74, 6) is 2.70. The van der Waals surface area contributed by atoms with Crippen LogP contribution >= 0.6 is 0 Å². The van der Waals surface area contributed by atoms with Crippen molar-refractivity contribution in [3.63, 3.8) is 0 Å². The number of fused-ring (bicyclic) bond motifs is 1. The average molecular weight is 315 g/mol. The molecule has 0 amide bonds. The second kappa shape index (κ2) is 9.18. The van der Waals surface area contributed by atoms with Gasteiger partial charge in [-0.3, -0.25) is 4.99 Å². The number of para-hydroxylation sites is 2. The van der Waals surface area contributed by atoms with Crippen LogP contribution in [-0.4, -0.2) is 36.1 Å². The van der Waals surface area contributed by atoms with Gasteiger partial charge in [-0.05, 0) is 37.3 Å². The molecule has 0 spiro atoms. The molecule has 0 saturated carbocycles.